The second-order valence-electron chi connectivity index (χ2n) is 7.24. The highest BCUT2D eigenvalue weighted by atomic mass is 32.1. The molecule has 2 amide bonds. The first-order valence-electron chi connectivity index (χ1n) is 10.1. The van der Waals surface area contributed by atoms with Crippen LogP contribution in [0.15, 0.2) is 65.2 Å². The van der Waals surface area contributed by atoms with Gasteiger partial charge < -0.3 is 15.4 Å². The van der Waals surface area contributed by atoms with Gasteiger partial charge in [-0.15, -0.1) is 11.3 Å². The fraction of sp³-hybridized carbons (Fsp3) is 0.304. The van der Waals surface area contributed by atoms with Gasteiger partial charge in [0, 0.05) is 30.2 Å². The number of benzene rings is 1. The number of hydrogen-bond donors (Lipinski definition) is 2. The van der Waals surface area contributed by atoms with E-state index in [-0.39, 0.29) is 12.6 Å². The third kappa shape index (κ3) is 4.47. The average molecular weight is 424 g/mol. The van der Waals surface area contributed by atoms with E-state index in [9.17, 15) is 9.59 Å². The summed E-state index contributed by atoms with van der Waals surface area (Å²) in [7, 11) is 0. The summed E-state index contributed by atoms with van der Waals surface area (Å²) in [6, 6.07) is 13.4. The standard InChI is InChI=1S/C23H25N3O3S/c1-2-29-22(27)20-18(24-23(28)25-21(20)19-9-6-14-30-19)15-26-12-10-17(11-13-26)16-7-4-3-5-8-16/h3-10,14,21H,2,11-13,15H2,1H3,(H2,24,25,28). The number of nitrogens with zero attached hydrogens (tertiary/aromatic N) is 1. The van der Waals surface area contributed by atoms with E-state index in [4.69, 9.17) is 4.74 Å². The van der Waals surface area contributed by atoms with E-state index in [2.05, 4.69) is 33.7 Å². The minimum Gasteiger partial charge on any atom is -0.463 e. The minimum atomic E-state index is -0.493. The quantitative estimate of drug-likeness (QED) is 0.695. The van der Waals surface area contributed by atoms with Crippen LogP contribution in [0.1, 0.15) is 29.8 Å². The van der Waals surface area contributed by atoms with Crippen molar-refractivity contribution < 1.29 is 14.3 Å². The number of amides is 2. The van der Waals surface area contributed by atoms with E-state index in [1.165, 1.54) is 22.5 Å². The molecule has 0 saturated carbocycles. The van der Waals surface area contributed by atoms with Gasteiger partial charge in [0.05, 0.1) is 18.2 Å². The summed E-state index contributed by atoms with van der Waals surface area (Å²) in [6.07, 6.45) is 3.15. The first-order valence-corrected chi connectivity index (χ1v) is 11.0. The lowest BCUT2D eigenvalue weighted by atomic mass is 9.98. The van der Waals surface area contributed by atoms with Gasteiger partial charge in [-0.05, 0) is 35.9 Å². The van der Waals surface area contributed by atoms with Gasteiger partial charge in [-0.2, -0.15) is 0 Å². The summed E-state index contributed by atoms with van der Waals surface area (Å²) < 4.78 is 5.33. The first-order chi connectivity index (χ1) is 14.7. The van der Waals surface area contributed by atoms with E-state index in [0.717, 1.165) is 24.4 Å². The number of hydrogen-bond acceptors (Lipinski definition) is 5. The van der Waals surface area contributed by atoms with Crippen LogP contribution in [0.4, 0.5) is 4.79 Å². The Bertz CT molecular complexity index is 967. The molecule has 30 heavy (non-hydrogen) atoms. The minimum absolute atomic E-state index is 0.285. The number of nitrogens with one attached hydrogen (secondary N) is 2. The summed E-state index contributed by atoms with van der Waals surface area (Å²) >= 11 is 1.51. The molecular formula is C23H25N3O3S. The number of ether oxygens (including phenoxy) is 1. The normalized spacial score (nSPS) is 19.7. The second kappa shape index (κ2) is 9.28. The van der Waals surface area contributed by atoms with Crippen LogP contribution in [-0.2, 0) is 9.53 Å². The largest absolute Gasteiger partial charge is 0.463 e. The van der Waals surface area contributed by atoms with E-state index in [1.54, 1.807) is 6.92 Å². The van der Waals surface area contributed by atoms with Gasteiger partial charge in [0.25, 0.3) is 0 Å². The third-order valence-electron chi connectivity index (χ3n) is 5.30. The van der Waals surface area contributed by atoms with Crippen molar-refractivity contribution in [3.05, 3.63) is 75.6 Å². The summed E-state index contributed by atoms with van der Waals surface area (Å²) in [5.74, 6) is -0.393. The zero-order valence-corrected chi connectivity index (χ0v) is 17.7. The predicted molar refractivity (Wildman–Crippen MR) is 118 cm³/mol. The molecule has 156 valence electrons. The van der Waals surface area contributed by atoms with Crippen LogP contribution in [0, 0.1) is 0 Å². The number of carbonyl (C=O) groups is 2. The molecule has 0 fully saturated rings. The maximum atomic E-state index is 12.8. The summed E-state index contributed by atoms with van der Waals surface area (Å²) in [5.41, 5.74) is 3.68. The van der Waals surface area contributed by atoms with Crippen LogP contribution in [0.25, 0.3) is 5.57 Å². The molecule has 1 aromatic heterocycles. The van der Waals surface area contributed by atoms with Gasteiger partial charge in [0.1, 0.15) is 0 Å². The van der Waals surface area contributed by atoms with Crippen molar-refractivity contribution in [1.82, 2.24) is 15.5 Å². The smallest absolute Gasteiger partial charge is 0.338 e. The van der Waals surface area contributed by atoms with Gasteiger partial charge in [0.15, 0.2) is 0 Å². The van der Waals surface area contributed by atoms with E-state index >= 15 is 0 Å². The zero-order valence-electron chi connectivity index (χ0n) is 16.9. The molecule has 0 radical (unpaired) electrons. The molecule has 0 saturated heterocycles. The van der Waals surface area contributed by atoms with E-state index < -0.39 is 12.0 Å². The van der Waals surface area contributed by atoms with Crippen molar-refractivity contribution in [2.45, 2.75) is 19.4 Å². The second-order valence-corrected chi connectivity index (χ2v) is 8.22. The number of rotatable bonds is 6. The molecule has 6 nitrogen and oxygen atoms in total. The highest BCUT2D eigenvalue weighted by molar-refractivity contribution is 7.10. The Kier molecular flexibility index (Phi) is 6.30. The summed E-state index contributed by atoms with van der Waals surface area (Å²) in [4.78, 5) is 28.3. The van der Waals surface area contributed by atoms with Crippen LogP contribution in [0.5, 0.6) is 0 Å². The molecule has 2 aliphatic rings. The number of carbonyl (C=O) groups excluding carboxylic acids is 2. The van der Waals surface area contributed by atoms with Gasteiger partial charge in [-0.3, -0.25) is 4.90 Å². The van der Waals surface area contributed by atoms with Crippen LogP contribution < -0.4 is 10.6 Å². The van der Waals surface area contributed by atoms with Gasteiger partial charge >= 0.3 is 12.0 Å². The van der Waals surface area contributed by atoms with Gasteiger partial charge in [-0.25, -0.2) is 9.59 Å². The molecular weight excluding hydrogens is 398 g/mol. The highest BCUT2D eigenvalue weighted by Gasteiger charge is 2.34. The molecule has 0 bridgehead atoms. The molecule has 7 heteroatoms. The fourth-order valence-corrected chi connectivity index (χ4v) is 4.64. The first kappa shape index (κ1) is 20.4. The van der Waals surface area contributed by atoms with Crippen LogP contribution >= 0.6 is 11.3 Å². The summed E-state index contributed by atoms with van der Waals surface area (Å²) in [5, 5.41) is 7.67. The Balaban J connectivity index is 1.58. The monoisotopic (exact) mass is 423 g/mol. The number of thiophene rings is 1. The molecule has 0 aliphatic carbocycles. The third-order valence-corrected chi connectivity index (χ3v) is 6.23. The van der Waals surface area contributed by atoms with Crippen LogP contribution in [-0.4, -0.2) is 43.1 Å². The Morgan fingerprint density at radius 1 is 1.23 bits per heavy atom. The van der Waals surface area contributed by atoms with Crippen LogP contribution in [0.3, 0.4) is 0 Å². The van der Waals surface area contributed by atoms with Crippen molar-refractivity contribution in [2.24, 2.45) is 0 Å². The fourth-order valence-electron chi connectivity index (χ4n) is 3.85. The Morgan fingerprint density at radius 2 is 2.07 bits per heavy atom. The van der Waals surface area contributed by atoms with Gasteiger partial charge in [0.2, 0.25) is 0 Å². The Morgan fingerprint density at radius 3 is 2.73 bits per heavy atom. The number of esters is 1. The predicted octanol–water partition coefficient (Wildman–Crippen LogP) is 3.71. The highest BCUT2D eigenvalue weighted by Crippen LogP contribution is 2.31. The zero-order chi connectivity index (χ0) is 20.9. The van der Waals surface area contributed by atoms with Crippen molar-refractivity contribution in [3.63, 3.8) is 0 Å². The molecule has 3 heterocycles. The van der Waals surface area contributed by atoms with Crippen molar-refractivity contribution in [2.75, 3.05) is 26.2 Å². The van der Waals surface area contributed by atoms with Crippen molar-refractivity contribution >= 4 is 28.9 Å². The van der Waals surface area contributed by atoms with Crippen molar-refractivity contribution in [3.8, 4) is 0 Å². The van der Waals surface area contributed by atoms with E-state index in [0.29, 0.717) is 17.8 Å². The van der Waals surface area contributed by atoms with Crippen LogP contribution in [0.2, 0.25) is 0 Å². The SMILES string of the molecule is CCOC(=O)C1=C(CN2CC=C(c3ccccc3)CC2)NC(=O)NC1c1cccs1. The maximum absolute atomic E-state index is 12.8. The lowest BCUT2D eigenvalue weighted by Gasteiger charge is -2.32. The average Bonchev–Trinajstić information content (AvgIpc) is 3.29. The molecule has 1 atom stereocenters. The molecule has 1 aromatic carbocycles. The Hall–Kier alpha value is -2.90. The topological polar surface area (TPSA) is 70.7 Å². The molecule has 4 rings (SSSR count). The molecule has 0 spiro atoms. The molecule has 1 unspecified atom stereocenters. The Labute approximate surface area is 180 Å². The molecule has 2 N–H and O–H groups in total. The lowest BCUT2D eigenvalue weighted by molar-refractivity contribution is -0.139. The lowest BCUT2D eigenvalue weighted by Crippen LogP contribution is -2.48. The van der Waals surface area contributed by atoms with Gasteiger partial charge in [-0.1, -0.05) is 42.5 Å². The van der Waals surface area contributed by atoms with Crippen molar-refractivity contribution in [1.29, 1.82) is 0 Å². The molecule has 2 aromatic rings. The van der Waals surface area contributed by atoms with E-state index in [1.807, 2.05) is 35.7 Å². The number of urea groups is 1. The summed E-state index contributed by atoms with van der Waals surface area (Å²) in [6.45, 7) is 4.17. The maximum Gasteiger partial charge on any atom is 0.338 e. The molecule has 2 aliphatic heterocycles.